The Labute approximate surface area is 121 Å². The molecule has 1 aromatic heterocycles. The molecule has 2 heterocycles. The SMILES string of the molecule is CC(C(=O)N1CCOCC1)n1nnc(C(=O)O)c1CCN. The van der Waals surface area contributed by atoms with Gasteiger partial charge in [0.15, 0.2) is 5.69 Å². The van der Waals surface area contributed by atoms with Crippen LogP contribution in [0.3, 0.4) is 0 Å². The van der Waals surface area contributed by atoms with Crippen molar-refractivity contribution in [1.82, 2.24) is 19.9 Å². The number of aromatic nitrogens is 3. The van der Waals surface area contributed by atoms with Crippen molar-refractivity contribution in [1.29, 1.82) is 0 Å². The minimum Gasteiger partial charge on any atom is -0.476 e. The van der Waals surface area contributed by atoms with Gasteiger partial charge in [-0.15, -0.1) is 5.10 Å². The first-order valence-electron chi connectivity index (χ1n) is 6.80. The lowest BCUT2D eigenvalue weighted by Gasteiger charge is -2.29. The van der Waals surface area contributed by atoms with E-state index in [2.05, 4.69) is 10.3 Å². The Hall–Kier alpha value is -2.00. The predicted molar refractivity (Wildman–Crippen MR) is 71.8 cm³/mol. The van der Waals surface area contributed by atoms with Crippen LogP contribution >= 0.6 is 0 Å². The number of carboxylic acids is 1. The number of nitrogens with two attached hydrogens (primary N) is 1. The van der Waals surface area contributed by atoms with Crippen molar-refractivity contribution in [3.05, 3.63) is 11.4 Å². The topological polar surface area (TPSA) is 124 Å². The highest BCUT2D eigenvalue weighted by molar-refractivity contribution is 5.87. The molecule has 116 valence electrons. The zero-order valence-corrected chi connectivity index (χ0v) is 11.9. The molecule has 1 amide bonds. The highest BCUT2D eigenvalue weighted by Gasteiger charge is 2.28. The molecule has 0 saturated carbocycles. The third-order valence-corrected chi connectivity index (χ3v) is 3.42. The number of amides is 1. The number of morpholine rings is 1. The number of hydrogen-bond donors (Lipinski definition) is 2. The third kappa shape index (κ3) is 3.19. The van der Waals surface area contributed by atoms with E-state index < -0.39 is 12.0 Å². The predicted octanol–water partition coefficient (Wildman–Crippen LogP) is -1.10. The number of carbonyl (C=O) groups is 2. The number of hydrogen-bond acceptors (Lipinski definition) is 6. The monoisotopic (exact) mass is 297 g/mol. The van der Waals surface area contributed by atoms with E-state index in [9.17, 15) is 9.59 Å². The van der Waals surface area contributed by atoms with Crippen LogP contribution in [0.15, 0.2) is 0 Å². The van der Waals surface area contributed by atoms with Crippen LogP contribution in [0, 0.1) is 0 Å². The standard InChI is InChI=1S/C12H19N5O4/c1-8(11(18)16-4-6-21-7-5-16)17-9(2-3-13)10(12(19)20)14-15-17/h8H,2-7,13H2,1H3,(H,19,20). The van der Waals surface area contributed by atoms with Gasteiger partial charge in [0, 0.05) is 19.5 Å². The zero-order valence-electron chi connectivity index (χ0n) is 11.9. The fourth-order valence-electron chi connectivity index (χ4n) is 2.31. The van der Waals surface area contributed by atoms with E-state index in [0.29, 0.717) is 38.4 Å². The Morgan fingerprint density at radius 2 is 2.10 bits per heavy atom. The maximum atomic E-state index is 12.4. The molecule has 1 aromatic rings. The second-order valence-electron chi connectivity index (χ2n) is 4.79. The van der Waals surface area contributed by atoms with E-state index in [1.807, 2.05) is 0 Å². The maximum absolute atomic E-state index is 12.4. The van der Waals surface area contributed by atoms with Crippen molar-refractivity contribution >= 4 is 11.9 Å². The van der Waals surface area contributed by atoms with Gasteiger partial charge in [-0.3, -0.25) is 4.79 Å². The Morgan fingerprint density at radius 1 is 1.43 bits per heavy atom. The fourth-order valence-corrected chi connectivity index (χ4v) is 2.31. The molecule has 0 radical (unpaired) electrons. The van der Waals surface area contributed by atoms with Crippen LogP contribution in [0.5, 0.6) is 0 Å². The quantitative estimate of drug-likeness (QED) is 0.706. The Balaban J connectivity index is 2.23. The Morgan fingerprint density at radius 3 is 2.67 bits per heavy atom. The van der Waals surface area contributed by atoms with Crippen LogP contribution in [0.1, 0.15) is 29.1 Å². The molecule has 2 rings (SSSR count). The average molecular weight is 297 g/mol. The van der Waals surface area contributed by atoms with Crippen molar-refractivity contribution in [2.45, 2.75) is 19.4 Å². The first kappa shape index (κ1) is 15.4. The summed E-state index contributed by atoms with van der Waals surface area (Å²) in [4.78, 5) is 25.3. The number of aromatic carboxylic acids is 1. The molecule has 21 heavy (non-hydrogen) atoms. The molecule has 0 bridgehead atoms. The first-order valence-corrected chi connectivity index (χ1v) is 6.80. The summed E-state index contributed by atoms with van der Waals surface area (Å²) in [5.74, 6) is -1.30. The van der Waals surface area contributed by atoms with E-state index in [4.69, 9.17) is 15.6 Å². The highest BCUT2D eigenvalue weighted by Crippen LogP contribution is 2.16. The van der Waals surface area contributed by atoms with E-state index in [1.54, 1.807) is 11.8 Å². The fraction of sp³-hybridized carbons (Fsp3) is 0.667. The summed E-state index contributed by atoms with van der Waals surface area (Å²) in [6, 6.07) is -0.620. The number of carboxylic acid groups (broad SMARTS) is 1. The van der Waals surface area contributed by atoms with Gasteiger partial charge in [-0.1, -0.05) is 5.21 Å². The molecule has 0 aromatic carbocycles. The molecule has 9 heteroatoms. The number of ether oxygens (including phenoxy) is 1. The van der Waals surface area contributed by atoms with E-state index in [0.717, 1.165) is 0 Å². The van der Waals surface area contributed by atoms with E-state index in [1.165, 1.54) is 4.68 Å². The molecular weight excluding hydrogens is 278 g/mol. The maximum Gasteiger partial charge on any atom is 0.358 e. The van der Waals surface area contributed by atoms with Gasteiger partial charge in [-0.25, -0.2) is 9.48 Å². The van der Waals surface area contributed by atoms with Crippen molar-refractivity contribution < 1.29 is 19.4 Å². The van der Waals surface area contributed by atoms with Crippen molar-refractivity contribution in [3.63, 3.8) is 0 Å². The minimum absolute atomic E-state index is 0.126. The minimum atomic E-state index is -1.17. The van der Waals surface area contributed by atoms with Crippen LogP contribution in [0.2, 0.25) is 0 Å². The van der Waals surface area contributed by atoms with Crippen LogP contribution in [0.25, 0.3) is 0 Å². The number of carbonyl (C=O) groups excluding carboxylic acids is 1. The zero-order chi connectivity index (χ0) is 15.4. The smallest absolute Gasteiger partial charge is 0.358 e. The molecule has 9 nitrogen and oxygen atoms in total. The van der Waals surface area contributed by atoms with Crippen LogP contribution in [-0.2, 0) is 16.0 Å². The molecule has 0 aliphatic carbocycles. The molecule has 1 aliphatic rings. The summed E-state index contributed by atoms with van der Waals surface area (Å²) in [5, 5.41) is 16.6. The van der Waals surface area contributed by atoms with E-state index >= 15 is 0 Å². The molecule has 3 N–H and O–H groups in total. The molecule has 1 aliphatic heterocycles. The highest BCUT2D eigenvalue weighted by atomic mass is 16.5. The molecular formula is C12H19N5O4. The van der Waals surface area contributed by atoms with Gasteiger partial charge in [-0.2, -0.15) is 0 Å². The summed E-state index contributed by atoms with van der Waals surface area (Å²) in [6.07, 6.45) is 0.301. The van der Waals surface area contributed by atoms with Crippen molar-refractivity contribution in [3.8, 4) is 0 Å². The summed E-state index contributed by atoms with van der Waals surface area (Å²) in [5.41, 5.74) is 5.73. The summed E-state index contributed by atoms with van der Waals surface area (Å²) in [7, 11) is 0. The Kier molecular flexibility index (Phi) is 4.86. The van der Waals surface area contributed by atoms with E-state index in [-0.39, 0.29) is 18.1 Å². The summed E-state index contributed by atoms with van der Waals surface area (Å²) < 4.78 is 6.57. The van der Waals surface area contributed by atoms with Gasteiger partial charge in [0.1, 0.15) is 6.04 Å². The van der Waals surface area contributed by atoms with Gasteiger partial charge >= 0.3 is 5.97 Å². The molecule has 1 fully saturated rings. The first-order chi connectivity index (χ1) is 10.1. The molecule has 1 atom stereocenters. The van der Waals surface area contributed by atoms with Gasteiger partial charge in [0.05, 0.1) is 18.9 Å². The molecule has 1 saturated heterocycles. The second kappa shape index (κ2) is 6.64. The lowest BCUT2D eigenvalue weighted by atomic mass is 10.2. The third-order valence-electron chi connectivity index (χ3n) is 3.42. The van der Waals surface area contributed by atoms with Gasteiger partial charge in [-0.05, 0) is 13.5 Å². The second-order valence-corrected chi connectivity index (χ2v) is 4.79. The number of nitrogens with zero attached hydrogens (tertiary/aromatic N) is 4. The lowest BCUT2D eigenvalue weighted by Crippen LogP contribution is -2.44. The normalized spacial score (nSPS) is 16.8. The van der Waals surface area contributed by atoms with Gasteiger partial charge in [0.25, 0.3) is 0 Å². The molecule has 0 spiro atoms. The van der Waals surface area contributed by atoms with Gasteiger partial charge in [0.2, 0.25) is 5.91 Å². The Bertz CT molecular complexity index is 524. The van der Waals surface area contributed by atoms with Crippen molar-refractivity contribution in [2.75, 3.05) is 32.8 Å². The largest absolute Gasteiger partial charge is 0.476 e. The van der Waals surface area contributed by atoms with Crippen molar-refractivity contribution in [2.24, 2.45) is 5.73 Å². The van der Waals surface area contributed by atoms with Crippen LogP contribution in [0.4, 0.5) is 0 Å². The lowest BCUT2D eigenvalue weighted by molar-refractivity contribution is -0.138. The molecule has 1 unspecified atom stereocenters. The van der Waals surface area contributed by atoms with Gasteiger partial charge < -0.3 is 20.5 Å². The van der Waals surface area contributed by atoms with Crippen LogP contribution in [-0.4, -0.2) is 69.7 Å². The summed E-state index contributed by atoms with van der Waals surface area (Å²) >= 11 is 0. The number of rotatable bonds is 5. The summed E-state index contributed by atoms with van der Waals surface area (Å²) in [6.45, 7) is 3.99. The van der Waals surface area contributed by atoms with Crippen LogP contribution < -0.4 is 5.73 Å². The average Bonchev–Trinajstić information content (AvgIpc) is 2.91.